The van der Waals surface area contributed by atoms with Gasteiger partial charge in [0.25, 0.3) is 0 Å². The van der Waals surface area contributed by atoms with Gasteiger partial charge in [-0.15, -0.1) is 0 Å². The average molecular weight is 390 g/mol. The number of carbonyl (C=O) groups is 1. The largest absolute Gasteiger partial charge is 0.496 e. The second-order valence-corrected chi connectivity index (χ2v) is 6.45. The van der Waals surface area contributed by atoms with Crippen LogP contribution in [-0.2, 0) is 4.79 Å². The average Bonchev–Trinajstić information content (AvgIpc) is 2.65. The molecule has 27 heavy (non-hydrogen) atoms. The third-order valence-electron chi connectivity index (χ3n) is 4.09. The van der Waals surface area contributed by atoms with Crippen molar-refractivity contribution in [1.82, 2.24) is 5.32 Å². The van der Waals surface area contributed by atoms with Crippen molar-refractivity contribution in [2.75, 3.05) is 21.3 Å². The second kappa shape index (κ2) is 9.33. The van der Waals surface area contributed by atoms with Gasteiger partial charge >= 0.3 is 0 Å². The minimum Gasteiger partial charge on any atom is -0.496 e. The summed E-state index contributed by atoms with van der Waals surface area (Å²) in [7, 11) is 4.67. The molecule has 0 saturated carbocycles. The Hall–Kier alpha value is -2.66. The highest BCUT2D eigenvalue weighted by atomic mass is 35.5. The SMILES string of the molecule is COc1ccc(C)cc1[C@@H](C)NC(=O)/C=C/c1cc(Cl)c(OC)c(OC)c1. The summed E-state index contributed by atoms with van der Waals surface area (Å²) < 4.78 is 15.9. The summed E-state index contributed by atoms with van der Waals surface area (Å²) in [6.07, 6.45) is 3.12. The zero-order valence-corrected chi connectivity index (χ0v) is 16.9. The molecule has 0 spiro atoms. The van der Waals surface area contributed by atoms with Crippen molar-refractivity contribution in [2.45, 2.75) is 19.9 Å². The number of hydrogen-bond donors (Lipinski definition) is 1. The van der Waals surface area contributed by atoms with Gasteiger partial charge < -0.3 is 19.5 Å². The standard InChI is InChI=1S/C21H24ClNO4/c1-13-6-8-18(25-3)16(10-13)14(2)23-20(24)9-7-15-11-17(22)21(27-5)19(12-15)26-4/h6-12,14H,1-5H3,(H,23,24)/b9-7+/t14-/m1/s1. The molecule has 0 aromatic heterocycles. The van der Waals surface area contributed by atoms with E-state index in [1.54, 1.807) is 25.3 Å². The summed E-state index contributed by atoms with van der Waals surface area (Å²) >= 11 is 6.19. The number of ether oxygens (including phenoxy) is 3. The molecule has 0 aliphatic carbocycles. The van der Waals surface area contributed by atoms with E-state index in [1.807, 2.05) is 32.0 Å². The number of benzene rings is 2. The topological polar surface area (TPSA) is 56.8 Å². The van der Waals surface area contributed by atoms with Crippen molar-refractivity contribution in [2.24, 2.45) is 0 Å². The first-order valence-corrected chi connectivity index (χ1v) is 8.82. The third kappa shape index (κ3) is 5.17. The number of amides is 1. The molecule has 2 aromatic carbocycles. The van der Waals surface area contributed by atoms with Gasteiger partial charge in [0.2, 0.25) is 5.91 Å². The first-order chi connectivity index (χ1) is 12.9. The number of halogens is 1. The van der Waals surface area contributed by atoms with E-state index in [4.69, 9.17) is 25.8 Å². The summed E-state index contributed by atoms with van der Waals surface area (Å²) in [6, 6.07) is 9.13. The maximum atomic E-state index is 12.3. The van der Waals surface area contributed by atoms with Crippen LogP contribution in [0.3, 0.4) is 0 Å². The highest BCUT2D eigenvalue weighted by molar-refractivity contribution is 6.32. The predicted octanol–water partition coefficient (Wildman–Crippen LogP) is 4.56. The molecule has 2 rings (SSSR count). The van der Waals surface area contributed by atoms with E-state index in [0.717, 1.165) is 22.4 Å². The molecule has 0 radical (unpaired) electrons. The van der Waals surface area contributed by atoms with Crippen molar-refractivity contribution in [3.63, 3.8) is 0 Å². The fourth-order valence-corrected chi connectivity index (χ4v) is 3.03. The van der Waals surface area contributed by atoms with Gasteiger partial charge in [-0.05, 0) is 43.7 Å². The number of rotatable bonds is 7. The number of aryl methyl sites for hydroxylation is 1. The van der Waals surface area contributed by atoms with Crippen LogP contribution >= 0.6 is 11.6 Å². The fourth-order valence-electron chi connectivity index (χ4n) is 2.74. The zero-order chi connectivity index (χ0) is 20.0. The van der Waals surface area contributed by atoms with Crippen LogP contribution in [0.2, 0.25) is 5.02 Å². The Morgan fingerprint density at radius 1 is 1.07 bits per heavy atom. The Balaban J connectivity index is 2.14. The van der Waals surface area contributed by atoms with E-state index in [-0.39, 0.29) is 11.9 Å². The summed E-state index contributed by atoms with van der Waals surface area (Å²) in [6.45, 7) is 3.91. The highest BCUT2D eigenvalue weighted by Crippen LogP contribution is 2.36. The van der Waals surface area contributed by atoms with E-state index in [1.165, 1.54) is 20.3 Å². The predicted molar refractivity (Wildman–Crippen MR) is 108 cm³/mol. The first-order valence-electron chi connectivity index (χ1n) is 8.44. The second-order valence-electron chi connectivity index (χ2n) is 6.05. The molecule has 1 N–H and O–H groups in total. The zero-order valence-electron chi connectivity index (χ0n) is 16.1. The maximum Gasteiger partial charge on any atom is 0.244 e. The van der Waals surface area contributed by atoms with Gasteiger partial charge in [0.05, 0.1) is 32.4 Å². The highest BCUT2D eigenvalue weighted by Gasteiger charge is 2.14. The molecular weight excluding hydrogens is 366 g/mol. The molecule has 1 atom stereocenters. The molecule has 1 amide bonds. The van der Waals surface area contributed by atoms with Crippen LogP contribution in [-0.4, -0.2) is 27.2 Å². The molecule has 0 unspecified atom stereocenters. The Bertz CT molecular complexity index is 848. The lowest BCUT2D eigenvalue weighted by molar-refractivity contribution is -0.117. The molecule has 6 heteroatoms. The van der Waals surface area contributed by atoms with E-state index in [2.05, 4.69) is 5.32 Å². The van der Waals surface area contributed by atoms with Crippen LogP contribution in [0, 0.1) is 6.92 Å². The Labute approximate surface area is 164 Å². The van der Waals surface area contributed by atoms with Crippen molar-refractivity contribution in [3.05, 3.63) is 58.1 Å². The van der Waals surface area contributed by atoms with Crippen LogP contribution in [0.25, 0.3) is 6.08 Å². The van der Waals surface area contributed by atoms with Crippen LogP contribution in [0.15, 0.2) is 36.4 Å². The Morgan fingerprint density at radius 2 is 1.78 bits per heavy atom. The quantitative estimate of drug-likeness (QED) is 0.705. The summed E-state index contributed by atoms with van der Waals surface area (Å²) in [5.41, 5.74) is 2.75. The fraction of sp³-hybridized carbons (Fsp3) is 0.286. The molecule has 144 valence electrons. The van der Waals surface area contributed by atoms with Crippen molar-refractivity contribution < 1.29 is 19.0 Å². The smallest absolute Gasteiger partial charge is 0.244 e. The molecule has 0 aliphatic heterocycles. The van der Waals surface area contributed by atoms with Crippen LogP contribution in [0.5, 0.6) is 17.2 Å². The van der Waals surface area contributed by atoms with E-state index in [9.17, 15) is 4.79 Å². The first kappa shape index (κ1) is 20.6. The number of methoxy groups -OCH3 is 3. The molecule has 0 heterocycles. The monoisotopic (exact) mass is 389 g/mol. The summed E-state index contributed by atoms with van der Waals surface area (Å²) in [5, 5.41) is 3.35. The number of carbonyl (C=O) groups excluding carboxylic acids is 1. The Kier molecular flexibility index (Phi) is 7.13. The summed E-state index contributed by atoms with van der Waals surface area (Å²) in [4.78, 5) is 12.3. The van der Waals surface area contributed by atoms with E-state index in [0.29, 0.717) is 16.5 Å². The lowest BCUT2D eigenvalue weighted by Crippen LogP contribution is -2.25. The van der Waals surface area contributed by atoms with Crippen molar-refractivity contribution >= 4 is 23.6 Å². The molecule has 0 aliphatic rings. The molecule has 0 saturated heterocycles. The minimum absolute atomic E-state index is 0.203. The third-order valence-corrected chi connectivity index (χ3v) is 4.37. The molecule has 2 aromatic rings. The lowest BCUT2D eigenvalue weighted by Gasteiger charge is -2.17. The maximum absolute atomic E-state index is 12.3. The van der Waals surface area contributed by atoms with Gasteiger partial charge in [0.15, 0.2) is 11.5 Å². The van der Waals surface area contributed by atoms with Crippen LogP contribution in [0.4, 0.5) is 0 Å². The van der Waals surface area contributed by atoms with E-state index >= 15 is 0 Å². The molecule has 0 bridgehead atoms. The number of hydrogen-bond acceptors (Lipinski definition) is 4. The molecule has 0 fully saturated rings. The number of nitrogens with one attached hydrogen (secondary N) is 1. The normalized spacial score (nSPS) is 11.9. The van der Waals surface area contributed by atoms with Crippen LogP contribution < -0.4 is 19.5 Å². The minimum atomic E-state index is -0.225. The van der Waals surface area contributed by atoms with Gasteiger partial charge in [-0.2, -0.15) is 0 Å². The lowest BCUT2D eigenvalue weighted by atomic mass is 10.0. The molecular formula is C21H24ClNO4. The Morgan fingerprint density at radius 3 is 2.41 bits per heavy atom. The van der Waals surface area contributed by atoms with Crippen molar-refractivity contribution in [3.8, 4) is 17.2 Å². The van der Waals surface area contributed by atoms with Gasteiger partial charge in [-0.1, -0.05) is 29.3 Å². The van der Waals surface area contributed by atoms with Crippen molar-refractivity contribution in [1.29, 1.82) is 0 Å². The van der Waals surface area contributed by atoms with Crippen LogP contribution in [0.1, 0.15) is 29.7 Å². The van der Waals surface area contributed by atoms with Gasteiger partial charge in [-0.3, -0.25) is 4.79 Å². The summed E-state index contributed by atoms with van der Waals surface area (Å²) in [5.74, 6) is 1.48. The molecule has 5 nitrogen and oxygen atoms in total. The van der Waals surface area contributed by atoms with Gasteiger partial charge in [0, 0.05) is 11.6 Å². The van der Waals surface area contributed by atoms with E-state index < -0.39 is 0 Å². The van der Waals surface area contributed by atoms with Gasteiger partial charge in [0.1, 0.15) is 5.75 Å². The van der Waals surface area contributed by atoms with Gasteiger partial charge in [-0.25, -0.2) is 0 Å².